The summed E-state index contributed by atoms with van der Waals surface area (Å²) in [6.07, 6.45) is 0. The molecule has 0 aliphatic carbocycles. The monoisotopic (exact) mass is 253 g/mol. The summed E-state index contributed by atoms with van der Waals surface area (Å²) in [5, 5.41) is 3.38. The van der Waals surface area contributed by atoms with Crippen LogP contribution >= 0.6 is 0 Å². The molecule has 1 aromatic carbocycles. The first-order chi connectivity index (χ1) is 7.83. The van der Waals surface area contributed by atoms with Gasteiger partial charge in [-0.25, -0.2) is 8.42 Å². The Morgan fingerprint density at radius 1 is 1.24 bits per heavy atom. The van der Waals surface area contributed by atoms with Gasteiger partial charge in [0.05, 0.1) is 16.3 Å². The summed E-state index contributed by atoms with van der Waals surface area (Å²) in [5.74, 6) is 0.500. The largest absolute Gasteiger partial charge is 0.380 e. The summed E-state index contributed by atoms with van der Waals surface area (Å²) >= 11 is 0. The van der Waals surface area contributed by atoms with Crippen LogP contribution in [0.4, 0.5) is 5.69 Å². The Kier molecular flexibility index (Phi) is 2.94. The van der Waals surface area contributed by atoms with Gasteiger partial charge in [-0.15, -0.1) is 0 Å². The Bertz CT molecular complexity index is 547. The highest BCUT2D eigenvalue weighted by atomic mass is 32.2. The van der Waals surface area contributed by atoms with Gasteiger partial charge in [0.25, 0.3) is 0 Å². The molecule has 1 N–H and O–H groups in total. The summed E-state index contributed by atoms with van der Waals surface area (Å²) in [6, 6.07) is 3.86. The molecule has 0 amide bonds. The summed E-state index contributed by atoms with van der Waals surface area (Å²) in [4.78, 5) is 0.495. The van der Waals surface area contributed by atoms with Crippen LogP contribution in [0.15, 0.2) is 17.0 Å². The second-order valence-electron chi connectivity index (χ2n) is 5.18. The molecule has 0 fully saturated rings. The van der Waals surface area contributed by atoms with Crippen molar-refractivity contribution in [1.82, 2.24) is 0 Å². The molecule has 2 rings (SSSR count). The molecule has 1 heterocycles. The van der Waals surface area contributed by atoms with Gasteiger partial charge < -0.3 is 5.32 Å². The van der Waals surface area contributed by atoms with E-state index in [2.05, 4.69) is 5.32 Å². The Morgan fingerprint density at radius 3 is 2.41 bits per heavy atom. The predicted molar refractivity (Wildman–Crippen MR) is 70.2 cm³/mol. The van der Waals surface area contributed by atoms with Crippen LogP contribution in [0.3, 0.4) is 0 Å². The molecule has 1 atom stereocenters. The average Bonchev–Trinajstić information content (AvgIpc) is 2.21. The van der Waals surface area contributed by atoms with Crippen molar-refractivity contribution < 1.29 is 8.42 Å². The van der Waals surface area contributed by atoms with Crippen molar-refractivity contribution in [2.24, 2.45) is 5.92 Å². The predicted octanol–water partition coefficient (Wildman–Crippen LogP) is 2.53. The second kappa shape index (κ2) is 4.02. The molecule has 1 aliphatic heterocycles. The highest BCUT2D eigenvalue weighted by Gasteiger charge is 2.33. The van der Waals surface area contributed by atoms with E-state index >= 15 is 0 Å². The molecule has 0 saturated carbocycles. The fourth-order valence-corrected chi connectivity index (χ4v) is 4.47. The van der Waals surface area contributed by atoms with Crippen LogP contribution in [0.1, 0.15) is 25.0 Å². The minimum absolute atomic E-state index is 0.00741. The van der Waals surface area contributed by atoms with E-state index in [1.54, 1.807) is 0 Å². The fraction of sp³-hybridized carbons (Fsp3) is 0.538. The number of rotatable bonds is 1. The van der Waals surface area contributed by atoms with Crippen molar-refractivity contribution in [3.8, 4) is 0 Å². The summed E-state index contributed by atoms with van der Waals surface area (Å²) in [7, 11) is -3.15. The Morgan fingerprint density at radius 2 is 1.82 bits per heavy atom. The Balaban J connectivity index is 2.65. The number of fused-ring (bicyclic) bond motifs is 1. The molecule has 0 saturated heterocycles. The Hall–Kier alpha value is -1.03. The standard InChI is InChI=1S/C13H19NO2S/c1-8(2)11-7-17(15,16)13-10(4)6-5-9(3)12(13)14-11/h5-6,8,11,14H,7H2,1-4H3. The van der Waals surface area contributed by atoms with E-state index in [0.29, 0.717) is 10.8 Å². The zero-order chi connectivity index (χ0) is 12.8. The van der Waals surface area contributed by atoms with Crippen LogP contribution in [0, 0.1) is 19.8 Å². The van der Waals surface area contributed by atoms with E-state index < -0.39 is 9.84 Å². The van der Waals surface area contributed by atoms with Crippen molar-refractivity contribution in [2.75, 3.05) is 11.1 Å². The van der Waals surface area contributed by atoms with Crippen LogP contribution in [0.25, 0.3) is 0 Å². The van der Waals surface area contributed by atoms with Gasteiger partial charge in [-0.05, 0) is 30.9 Å². The third-order valence-corrected chi connectivity index (χ3v) is 5.35. The highest BCUT2D eigenvalue weighted by molar-refractivity contribution is 7.91. The molecule has 0 aromatic heterocycles. The SMILES string of the molecule is Cc1ccc(C)c2c1NC(C(C)C)CS2(=O)=O. The van der Waals surface area contributed by atoms with Crippen molar-refractivity contribution in [3.05, 3.63) is 23.3 Å². The first-order valence-electron chi connectivity index (χ1n) is 5.92. The number of aryl methyl sites for hydroxylation is 2. The van der Waals surface area contributed by atoms with E-state index in [4.69, 9.17) is 0 Å². The lowest BCUT2D eigenvalue weighted by atomic mass is 10.0. The van der Waals surface area contributed by atoms with Gasteiger partial charge in [0.1, 0.15) is 0 Å². The molecule has 0 bridgehead atoms. The number of nitrogens with one attached hydrogen (secondary N) is 1. The van der Waals surface area contributed by atoms with Gasteiger partial charge in [0, 0.05) is 6.04 Å². The van der Waals surface area contributed by atoms with E-state index in [1.807, 2.05) is 39.8 Å². The van der Waals surface area contributed by atoms with Crippen LogP contribution in [0.5, 0.6) is 0 Å². The maximum absolute atomic E-state index is 12.3. The van der Waals surface area contributed by atoms with Gasteiger partial charge in [-0.3, -0.25) is 0 Å². The summed E-state index contributed by atoms with van der Waals surface area (Å²) in [6.45, 7) is 7.89. The molecule has 1 aliphatic rings. The van der Waals surface area contributed by atoms with Gasteiger partial charge in [-0.1, -0.05) is 26.0 Å². The lowest BCUT2D eigenvalue weighted by Gasteiger charge is -2.31. The molecule has 0 spiro atoms. The number of hydrogen-bond donors (Lipinski definition) is 1. The smallest absolute Gasteiger partial charge is 0.182 e. The number of anilines is 1. The number of hydrogen-bond acceptors (Lipinski definition) is 3. The molecule has 1 unspecified atom stereocenters. The van der Waals surface area contributed by atoms with E-state index in [1.165, 1.54) is 0 Å². The van der Waals surface area contributed by atoms with Gasteiger partial charge in [0.15, 0.2) is 9.84 Å². The maximum Gasteiger partial charge on any atom is 0.182 e. The third-order valence-electron chi connectivity index (χ3n) is 3.41. The molecule has 1 aromatic rings. The van der Waals surface area contributed by atoms with Gasteiger partial charge in [-0.2, -0.15) is 0 Å². The van der Waals surface area contributed by atoms with Crippen LogP contribution in [-0.4, -0.2) is 20.2 Å². The van der Waals surface area contributed by atoms with E-state index in [-0.39, 0.29) is 11.8 Å². The normalized spacial score (nSPS) is 22.1. The molecule has 0 radical (unpaired) electrons. The zero-order valence-corrected chi connectivity index (χ0v) is 11.6. The topological polar surface area (TPSA) is 46.2 Å². The van der Waals surface area contributed by atoms with Crippen molar-refractivity contribution in [3.63, 3.8) is 0 Å². The van der Waals surface area contributed by atoms with Crippen LogP contribution < -0.4 is 5.32 Å². The van der Waals surface area contributed by atoms with Crippen molar-refractivity contribution in [1.29, 1.82) is 0 Å². The molecule has 3 nitrogen and oxygen atoms in total. The first kappa shape index (κ1) is 12.4. The molecular formula is C13H19NO2S. The maximum atomic E-state index is 12.3. The van der Waals surface area contributed by atoms with Crippen molar-refractivity contribution >= 4 is 15.5 Å². The summed E-state index contributed by atoms with van der Waals surface area (Å²) in [5.41, 5.74) is 2.63. The second-order valence-corrected chi connectivity index (χ2v) is 7.15. The summed E-state index contributed by atoms with van der Waals surface area (Å²) < 4.78 is 24.6. The van der Waals surface area contributed by atoms with Gasteiger partial charge in [0.2, 0.25) is 0 Å². The number of benzene rings is 1. The lowest BCUT2D eigenvalue weighted by molar-refractivity contribution is 0.530. The molecular weight excluding hydrogens is 234 g/mol. The van der Waals surface area contributed by atoms with E-state index in [9.17, 15) is 8.42 Å². The van der Waals surface area contributed by atoms with Crippen LogP contribution in [-0.2, 0) is 9.84 Å². The highest BCUT2D eigenvalue weighted by Crippen LogP contribution is 2.35. The fourth-order valence-electron chi connectivity index (χ4n) is 2.27. The minimum Gasteiger partial charge on any atom is -0.380 e. The zero-order valence-electron chi connectivity index (χ0n) is 10.7. The molecule has 94 valence electrons. The molecule has 4 heteroatoms. The third kappa shape index (κ3) is 2.06. The minimum atomic E-state index is -3.15. The average molecular weight is 253 g/mol. The van der Waals surface area contributed by atoms with Crippen molar-refractivity contribution in [2.45, 2.75) is 38.6 Å². The van der Waals surface area contributed by atoms with Crippen LogP contribution in [0.2, 0.25) is 0 Å². The lowest BCUT2D eigenvalue weighted by Crippen LogP contribution is -2.38. The Labute approximate surface area is 103 Å². The van der Waals surface area contributed by atoms with Gasteiger partial charge >= 0.3 is 0 Å². The van der Waals surface area contributed by atoms with E-state index in [0.717, 1.165) is 16.8 Å². The molecule has 17 heavy (non-hydrogen) atoms. The first-order valence-corrected chi connectivity index (χ1v) is 7.57. The number of sulfone groups is 1. The quantitative estimate of drug-likeness (QED) is 0.836.